The third-order valence-corrected chi connectivity index (χ3v) is 3.85. The summed E-state index contributed by atoms with van der Waals surface area (Å²) in [6.07, 6.45) is 0.560. The van der Waals surface area contributed by atoms with Crippen LogP contribution in [0.2, 0.25) is 10.0 Å². The van der Waals surface area contributed by atoms with E-state index >= 15 is 0 Å². The Labute approximate surface area is 148 Å². The highest BCUT2D eigenvalue weighted by molar-refractivity contribution is 6.33. The Hall–Kier alpha value is -2.37. The van der Waals surface area contributed by atoms with Gasteiger partial charge in [0.15, 0.2) is 0 Å². The fourth-order valence-electron chi connectivity index (χ4n) is 2.06. The number of halogens is 2. The van der Waals surface area contributed by atoms with E-state index in [1.165, 1.54) is 0 Å². The Morgan fingerprint density at radius 2 is 1.79 bits per heavy atom. The average molecular weight is 362 g/mol. The highest BCUT2D eigenvalue weighted by Gasteiger charge is 2.11. The van der Waals surface area contributed by atoms with Gasteiger partial charge in [-0.3, -0.25) is 4.79 Å². The van der Waals surface area contributed by atoms with Crippen molar-refractivity contribution in [3.05, 3.63) is 64.5 Å². The van der Waals surface area contributed by atoms with Crippen molar-refractivity contribution < 1.29 is 9.21 Å². The standard InChI is InChI=1S/C17H13Cl2N3O2/c18-12-7-5-11(6-8-12)17-22-21-16(24-17)10-9-15(23)20-14-4-2-1-3-13(14)19/h1-8H,9-10H2,(H,20,23). The number of nitrogens with zero attached hydrogens (tertiary/aromatic N) is 2. The average Bonchev–Trinajstić information content (AvgIpc) is 3.05. The fraction of sp³-hybridized carbons (Fsp3) is 0.118. The van der Waals surface area contributed by atoms with E-state index in [9.17, 15) is 4.79 Å². The molecule has 1 amide bonds. The van der Waals surface area contributed by atoms with Crippen molar-refractivity contribution in [2.24, 2.45) is 0 Å². The molecule has 122 valence electrons. The van der Waals surface area contributed by atoms with Gasteiger partial charge in [-0.2, -0.15) is 0 Å². The molecule has 0 saturated carbocycles. The number of amides is 1. The number of hydrogen-bond donors (Lipinski definition) is 1. The topological polar surface area (TPSA) is 68.0 Å². The van der Waals surface area contributed by atoms with Crippen LogP contribution >= 0.6 is 23.2 Å². The molecule has 1 heterocycles. The van der Waals surface area contributed by atoms with Gasteiger partial charge in [-0.15, -0.1) is 10.2 Å². The molecular formula is C17H13Cl2N3O2. The molecule has 0 fully saturated rings. The van der Waals surface area contributed by atoms with Gasteiger partial charge in [-0.1, -0.05) is 35.3 Å². The fourth-order valence-corrected chi connectivity index (χ4v) is 2.37. The van der Waals surface area contributed by atoms with Crippen LogP contribution in [0.4, 0.5) is 5.69 Å². The summed E-state index contributed by atoms with van der Waals surface area (Å²) in [6, 6.07) is 14.1. The second-order valence-corrected chi connectivity index (χ2v) is 5.88. The molecule has 0 saturated heterocycles. The Kier molecular flexibility index (Phi) is 5.13. The predicted octanol–water partition coefficient (Wildman–Crippen LogP) is 4.61. The summed E-state index contributed by atoms with van der Waals surface area (Å²) < 4.78 is 5.56. The summed E-state index contributed by atoms with van der Waals surface area (Å²) in [4.78, 5) is 12.0. The van der Waals surface area contributed by atoms with E-state index in [0.29, 0.717) is 33.9 Å². The third kappa shape index (κ3) is 4.13. The van der Waals surface area contributed by atoms with Gasteiger partial charge in [0.05, 0.1) is 10.7 Å². The largest absolute Gasteiger partial charge is 0.421 e. The van der Waals surface area contributed by atoms with E-state index in [4.69, 9.17) is 27.6 Å². The van der Waals surface area contributed by atoms with Crippen molar-refractivity contribution in [3.63, 3.8) is 0 Å². The molecule has 3 aromatic rings. The van der Waals surface area contributed by atoms with Crippen molar-refractivity contribution in [2.75, 3.05) is 5.32 Å². The predicted molar refractivity (Wildman–Crippen MR) is 93.1 cm³/mol. The molecule has 0 atom stereocenters. The summed E-state index contributed by atoms with van der Waals surface area (Å²) in [5.41, 5.74) is 1.36. The Balaban J connectivity index is 1.58. The second kappa shape index (κ2) is 7.47. The van der Waals surface area contributed by atoms with Gasteiger partial charge in [0.1, 0.15) is 0 Å². The van der Waals surface area contributed by atoms with E-state index < -0.39 is 0 Å². The lowest BCUT2D eigenvalue weighted by atomic mass is 10.2. The summed E-state index contributed by atoms with van der Waals surface area (Å²) in [7, 11) is 0. The van der Waals surface area contributed by atoms with Crippen molar-refractivity contribution >= 4 is 34.8 Å². The maximum absolute atomic E-state index is 12.0. The minimum absolute atomic E-state index is 0.172. The normalized spacial score (nSPS) is 10.6. The van der Waals surface area contributed by atoms with Crippen LogP contribution in [-0.2, 0) is 11.2 Å². The van der Waals surface area contributed by atoms with Crippen LogP contribution in [0.25, 0.3) is 11.5 Å². The van der Waals surface area contributed by atoms with Crippen LogP contribution in [0.1, 0.15) is 12.3 Å². The molecule has 2 aromatic carbocycles. The molecule has 24 heavy (non-hydrogen) atoms. The number of nitrogens with one attached hydrogen (secondary N) is 1. The molecule has 0 unspecified atom stereocenters. The zero-order chi connectivity index (χ0) is 16.9. The minimum Gasteiger partial charge on any atom is -0.421 e. The smallest absolute Gasteiger partial charge is 0.247 e. The number of aryl methyl sites for hydroxylation is 1. The molecule has 5 nitrogen and oxygen atoms in total. The van der Waals surface area contributed by atoms with Gasteiger partial charge in [-0.25, -0.2) is 0 Å². The number of para-hydroxylation sites is 1. The Morgan fingerprint density at radius 1 is 1.04 bits per heavy atom. The summed E-state index contributed by atoms with van der Waals surface area (Å²) in [5, 5.41) is 11.8. The van der Waals surface area contributed by atoms with Crippen molar-refractivity contribution in [3.8, 4) is 11.5 Å². The molecule has 0 radical (unpaired) electrons. The molecule has 1 aromatic heterocycles. The van der Waals surface area contributed by atoms with E-state index in [1.54, 1.807) is 48.5 Å². The molecule has 0 aliphatic rings. The van der Waals surface area contributed by atoms with Crippen molar-refractivity contribution in [1.82, 2.24) is 10.2 Å². The number of hydrogen-bond acceptors (Lipinski definition) is 4. The first-order valence-electron chi connectivity index (χ1n) is 7.24. The summed E-state index contributed by atoms with van der Waals surface area (Å²) >= 11 is 11.8. The van der Waals surface area contributed by atoms with E-state index in [1.807, 2.05) is 0 Å². The molecule has 1 N–H and O–H groups in total. The summed E-state index contributed by atoms with van der Waals surface area (Å²) in [5.74, 6) is 0.622. The van der Waals surface area contributed by atoms with Crippen LogP contribution in [-0.4, -0.2) is 16.1 Å². The molecule has 3 rings (SSSR count). The first-order valence-corrected chi connectivity index (χ1v) is 8.00. The number of benzene rings is 2. The van der Waals surface area contributed by atoms with E-state index in [2.05, 4.69) is 15.5 Å². The van der Waals surface area contributed by atoms with E-state index in [0.717, 1.165) is 5.56 Å². The number of rotatable bonds is 5. The zero-order valence-electron chi connectivity index (χ0n) is 12.5. The highest BCUT2D eigenvalue weighted by Crippen LogP contribution is 2.22. The van der Waals surface area contributed by atoms with Gasteiger partial charge >= 0.3 is 0 Å². The van der Waals surface area contributed by atoms with Gasteiger partial charge < -0.3 is 9.73 Å². The maximum Gasteiger partial charge on any atom is 0.247 e. The first-order chi connectivity index (χ1) is 11.6. The second-order valence-electron chi connectivity index (χ2n) is 5.04. The quantitative estimate of drug-likeness (QED) is 0.719. The molecule has 0 aliphatic carbocycles. The Morgan fingerprint density at radius 3 is 2.54 bits per heavy atom. The number of anilines is 1. The molecule has 0 bridgehead atoms. The zero-order valence-corrected chi connectivity index (χ0v) is 14.0. The highest BCUT2D eigenvalue weighted by atomic mass is 35.5. The van der Waals surface area contributed by atoms with Gasteiger partial charge in [-0.05, 0) is 36.4 Å². The minimum atomic E-state index is -0.172. The van der Waals surface area contributed by atoms with Gasteiger partial charge in [0.25, 0.3) is 0 Å². The molecule has 7 heteroatoms. The number of aromatic nitrogens is 2. The monoisotopic (exact) mass is 361 g/mol. The lowest BCUT2D eigenvalue weighted by Gasteiger charge is -2.05. The molecule has 0 spiro atoms. The third-order valence-electron chi connectivity index (χ3n) is 3.27. The van der Waals surface area contributed by atoms with Gasteiger partial charge in [0, 0.05) is 23.4 Å². The van der Waals surface area contributed by atoms with Gasteiger partial charge in [0.2, 0.25) is 17.7 Å². The Bertz CT molecular complexity index is 847. The van der Waals surface area contributed by atoms with Crippen LogP contribution in [0.5, 0.6) is 0 Å². The lowest BCUT2D eigenvalue weighted by molar-refractivity contribution is -0.116. The molecule has 0 aliphatic heterocycles. The van der Waals surface area contributed by atoms with Crippen LogP contribution in [0.3, 0.4) is 0 Å². The number of carbonyl (C=O) groups is 1. The lowest BCUT2D eigenvalue weighted by Crippen LogP contribution is -2.12. The van der Waals surface area contributed by atoms with Crippen LogP contribution in [0.15, 0.2) is 52.9 Å². The summed E-state index contributed by atoms with van der Waals surface area (Å²) in [6.45, 7) is 0. The van der Waals surface area contributed by atoms with Crippen molar-refractivity contribution in [1.29, 1.82) is 0 Å². The maximum atomic E-state index is 12.0. The van der Waals surface area contributed by atoms with Crippen LogP contribution < -0.4 is 5.32 Å². The van der Waals surface area contributed by atoms with Crippen LogP contribution in [0, 0.1) is 0 Å². The van der Waals surface area contributed by atoms with E-state index in [-0.39, 0.29) is 12.3 Å². The SMILES string of the molecule is O=C(CCc1nnc(-c2ccc(Cl)cc2)o1)Nc1ccccc1Cl. The first kappa shape index (κ1) is 16.5. The van der Waals surface area contributed by atoms with Crippen molar-refractivity contribution in [2.45, 2.75) is 12.8 Å². The molecular weight excluding hydrogens is 349 g/mol. The number of carbonyl (C=O) groups excluding carboxylic acids is 1.